The van der Waals surface area contributed by atoms with E-state index in [1.165, 1.54) is 0 Å². The van der Waals surface area contributed by atoms with E-state index in [4.69, 9.17) is 0 Å². The number of anilines is 4. The summed E-state index contributed by atoms with van der Waals surface area (Å²) in [5.41, 5.74) is 2.85. The molecule has 15 heteroatoms. The van der Waals surface area contributed by atoms with Crippen LogP contribution in [0.5, 0.6) is 0 Å². The van der Waals surface area contributed by atoms with Gasteiger partial charge in [0, 0.05) is 62.3 Å². The number of para-hydroxylation sites is 1. The van der Waals surface area contributed by atoms with E-state index in [2.05, 4.69) is 63.9 Å². The van der Waals surface area contributed by atoms with Crippen molar-refractivity contribution in [2.24, 2.45) is 23.7 Å². The SMILES string of the molecule is CNC1CC(C)CCN(c2ccccc2)C1=O.CNC1CC(C)CCN(c2ccccn2)C1=O.CNC1CC(C)CCN(c2cccnc2)C1=O.CNC1CC(C)CCN(c2ccncc2)C1=O. The molecule has 4 aliphatic heterocycles. The summed E-state index contributed by atoms with van der Waals surface area (Å²) >= 11 is 0. The van der Waals surface area contributed by atoms with Crippen LogP contribution in [0.2, 0.25) is 0 Å². The normalized spacial score (nSPS) is 25.8. The first-order valence-electron chi connectivity index (χ1n) is 24.6. The van der Waals surface area contributed by atoms with Gasteiger partial charge in [0.25, 0.3) is 0 Å². The Hall–Kier alpha value is -5.61. The molecule has 4 aliphatic rings. The van der Waals surface area contributed by atoms with Gasteiger partial charge in [-0.1, -0.05) is 52.0 Å². The second-order valence-corrected chi connectivity index (χ2v) is 18.8. The average molecular weight is 932 g/mol. The monoisotopic (exact) mass is 932 g/mol. The number of pyridine rings is 3. The van der Waals surface area contributed by atoms with E-state index >= 15 is 0 Å². The molecule has 1 aromatic carbocycles. The average Bonchev–Trinajstić information content (AvgIpc) is 3.76. The third kappa shape index (κ3) is 15.2. The minimum absolute atomic E-state index is 0.0484. The van der Waals surface area contributed by atoms with Crippen LogP contribution in [-0.2, 0) is 19.2 Å². The van der Waals surface area contributed by atoms with Gasteiger partial charge in [-0.2, -0.15) is 0 Å². The summed E-state index contributed by atoms with van der Waals surface area (Å²) < 4.78 is 0. The molecule has 15 nitrogen and oxygen atoms in total. The van der Waals surface area contributed by atoms with Gasteiger partial charge in [0.15, 0.2) is 0 Å². The van der Waals surface area contributed by atoms with Gasteiger partial charge in [-0.05, 0) is 152 Å². The molecular formula is C53H77N11O4. The molecule has 68 heavy (non-hydrogen) atoms. The Morgan fingerprint density at radius 2 is 0.794 bits per heavy atom. The van der Waals surface area contributed by atoms with Crippen LogP contribution in [0.15, 0.2) is 104 Å². The number of nitrogens with zero attached hydrogens (tertiary/aromatic N) is 7. The van der Waals surface area contributed by atoms with Crippen LogP contribution >= 0.6 is 0 Å². The van der Waals surface area contributed by atoms with Crippen LogP contribution in [0.25, 0.3) is 0 Å². The van der Waals surface area contributed by atoms with E-state index in [1.807, 2.05) is 116 Å². The van der Waals surface area contributed by atoms with E-state index < -0.39 is 0 Å². The number of rotatable bonds is 8. The van der Waals surface area contributed by atoms with E-state index in [9.17, 15) is 19.2 Å². The molecule has 0 bridgehead atoms. The molecule has 368 valence electrons. The topological polar surface area (TPSA) is 168 Å². The number of carbonyl (C=O) groups is 4. The summed E-state index contributed by atoms with van der Waals surface area (Å²) in [5.74, 6) is 3.70. The van der Waals surface area contributed by atoms with Crippen molar-refractivity contribution >= 4 is 46.5 Å². The summed E-state index contributed by atoms with van der Waals surface area (Å²) in [7, 11) is 7.41. The molecule has 0 radical (unpaired) electrons. The summed E-state index contributed by atoms with van der Waals surface area (Å²) in [5, 5.41) is 12.5. The zero-order chi connectivity index (χ0) is 49.0. The number of hydrogen-bond donors (Lipinski definition) is 4. The van der Waals surface area contributed by atoms with Crippen LogP contribution in [0, 0.1) is 23.7 Å². The summed E-state index contributed by atoms with van der Waals surface area (Å²) in [6.07, 6.45) is 16.5. The van der Waals surface area contributed by atoms with Crippen LogP contribution < -0.4 is 40.9 Å². The van der Waals surface area contributed by atoms with Gasteiger partial charge in [-0.25, -0.2) is 4.98 Å². The van der Waals surface area contributed by atoms with Gasteiger partial charge in [0.1, 0.15) is 5.82 Å². The highest BCUT2D eigenvalue weighted by Gasteiger charge is 2.33. The van der Waals surface area contributed by atoms with Crippen LogP contribution in [-0.4, -0.2) is 117 Å². The smallest absolute Gasteiger partial charge is 0.245 e. The predicted octanol–water partition coefficient (Wildman–Crippen LogP) is 6.34. The Kier molecular flexibility index (Phi) is 21.5. The molecule has 3 aromatic heterocycles. The van der Waals surface area contributed by atoms with Crippen molar-refractivity contribution < 1.29 is 19.2 Å². The first-order valence-corrected chi connectivity index (χ1v) is 24.6. The highest BCUT2D eigenvalue weighted by Crippen LogP contribution is 2.26. The van der Waals surface area contributed by atoms with Gasteiger partial charge < -0.3 is 36.0 Å². The second-order valence-electron chi connectivity index (χ2n) is 18.8. The maximum absolute atomic E-state index is 12.4. The lowest BCUT2D eigenvalue weighted by Gasteiger charge is -2.24. The lowest BCUT2D eigenvalue weighted by Crippen LogP contribution is -2.44. The summed E-state index contributed by atoms with van der Waals surface area (Å²) in [6, 6.07) is 22.9. The number of likely N-dealkylation sites (N-methyl/N-ethyl adjacent to an activating group) is 4. The molecule has 4 N–H and O–H groups in total. The molecule has 0 aliphatic carbocycles. The van der Waals surface area contributed by atoms with Crippen molar-refractivity contribution in [2.75, 3.05) is 74.0 Å². The Balaban J connectivity index is 0.000000169. The lowest BCUT2D eigenvalue weighted by atomic mass is 10.0. The van der Waals surface area contributed by atoms with Crippen molar-refractivity contribution in [3.63, 3.8) is 0 Å². The molecule has 0 spiro atoms. The zero-order valence-corrected chi connectivity index (χ0v) is 41.7. The quantitative estimate of drug-likeness (QED) is 0.156. The van der Waals surface area contributed by atoms with Crippen molar-refractivity contribution in [3.8, 4) is 0 Å². The van der Waals surface area contributed by atoms with Gasteiger partial charge in [0.05, 0.1) is 36.1 Å². The van der Waals surface area contributed by atoms with Crippen LogP contribution in [0.1, 0.15) is 79.1 Å². The fraction of sp³-hybridized carbons (Fsp3) is 0.528. The van der Waals surface area contributed by atoms with E-state index in [-0.39, 0.29) is 47.8 Å². The Morgan fingerprint density at radius 3 is 1.19 bits per heavy atom. The maximum atomic E-state index is 12.4. The van der Waals surface area contributed by atoms with E-state index in [1.54, 1.807) is 35.9 Å². The van der Waals surface area contributed by atoms with Crippen molar-refractivity contribution in [1.82, 2.24) is 36.2 Å². The molecule has 7 heterocycles. The molecule has 4 amide bonds. The van der Waals surface area contributed by atoms with Gasteiger partial charge in [-0.15, -0.1) is 0 Å². The van der Waals surface area contributed by atoms with Gasteiger partial charge in [-0.3, -0.25) is 34.0 Å². The van der Waals surface area contributed by atoms with Crippen molar-refractivity contribution in [1.29, 1.82) is 0 Å². The third-order valence-corrected chi connectivity index (χ3v) is 13.5. The van der Waals surface area contributed by atoms with Crippen molar-refractivity contribution in [3.05, 3.63) is 104 Å². The van der Waals surface area contributed by atoms with Gasteiger partial charge >= 0.3 is 0 Å². The highest BCUT2D eigenvalue weighted by molar-refractivity contribution is 5.99. The first kappa shape index (κ1) is 53.3. The lowest BCUT2D eigenvalue weighted by molar-refractivity contribution is -0.121. The fourth-order valence-corrected chi connectivity index (χ4v) is 9.20. The molecular weight excluding hydrogens is 855 g/mol. The number of aromatic nitrogens is 3. The highest BCUT2D eigenvalue weighted by atomic mass is 16.2. The maximum Gasteiger partial charge on any atom is 0.245 e. The predicted molar refractivity (Wildman–Crippen MR) is 274 cm³/mol. The first-order chi connectivity index (χ1) is 32.9. The fourth-order valence-electron chi connectivity index (χ4n) is 9.20. The standard InChI is InChI=1S/C14H20N2O.3C13H19N3O/c1-11-8-9-16(12-6-4-3-5-7-12)14(17)13(10-11)15-2;1-10-5-8-16(11-3-6-15-7-4-11)13(17)12(9-10)14-2;1-10-5-7-16(11-4-3-6-15-9-11)13(17)12(8-10)14-2;1-10-6-8-16(12-5-3-4-7-15-12)13(17)11(9-10)14-2/h3-7,11,13,15H,8-10H2,1-2H3;3-4,6-7,10,12,14H,5,8-9H2,1-2H3;3-4,6,9-10,12,14H,5,7-8H2,1-2H3;3-5,7,10-11,14H,6,8-9H2,1-2H3. The van der Waals surface area contributed by atoms with Gasteiger partial charge in [0.2, 0.25) is 23.6 Å². The zero-order valence-electron chi connectivity index (χ0n) is 41.7. The van der Waals surface area contributed by atoms with E-state index in [0.717, 1.165) is 100 Å². The largest absolute Gasteiger partial charge is 0.311 e. The molecule has 0 saturated carbocycles. The molecule has 8 unspecified atom stereocenters. The molecule has 4 saturated heterocycles. The number of nitrogens with one attached hydrogen (secondary N) is 4. The minimum atomic E-state index is -0.0884. The molecule has 4 fully saturated rings. The second kappa shape index (κ2) is 27.4. The summed E-state index contributed by atoms with van der Waals surface area (Å²) in [4.78, 5) is 69.2. The Labute approximate surface area is 405 Å². The Bertz CT molecular complexity index is 1820. The number of amides is 4. The number of carbonyl (C=O) groups excluding carboxylic acids is 4. The summed E-state index contributed by atoms with van der Waals surface area (Å²) in [6.45, 7) is 12.0. The third-order valence-electron chi connectivity index (χ3n) is 13.5. The van der Waals surface area contributed by atoms with Crippen LogP contribution in [0.3, 0.4) is 0 Å². The van der Waals surface area contributed by atoms with Crippen molar-refractivity contribution in [2.45, 2.75) is 103 Å². The van der Waals surface area contributed by atoms with Crippen LogP contribution in [0.4, 0.5) is 22.9 Å². The number of benzene rings is 1. The number of hydrogen-bond acceptors (Lipinski definition) is 11. The molecule has 8 atom stereocenters. The van der Waals surface area contributed by atoms with E-state index in [0.29, 0.717) is 23.7 Å². The molecule has 8 rings (SSSR count). The molecule has 4 aromatic rings. The Morgan fingerprint density at radius 1 is 0.412 bits per heavy atom. The minimum Gasteiger partial charge on any atom is -0.311 e.